The van der Waals surface area contributed by atoms with E-state index in [1.54, 1.807) is 6.92 Å². The second-order valence-electron chi connectivity index (χ2n) is 6.51. The Kier molecular flexibility index (Phi) is 5.71. The Morgan fingerprint density at radius 1 is 1.14 bits per heavy atom. The Labute approximate surface area is 161 Å². The molecule has 1 aliphatic rings. The van der Waals surface area contributed by atoms with Crippen molar-refractivity contribution in [1.29, 1.82) is 0 Å². The van der Waals surface area contributed by atoms with Gasteiger partial charge in [0, 0.05) is 38.8 Å². The number of rotatable bonds is 4. The molecule has 9 heteroatoms. The van der Waals surface area contributed by atoms with E-state index in [1.165, 1.54) is 23.1 Å². The van der Waals surface area contributed by atoms with Gasteiger partial charge in [0.2, 0.25) is 0 Å². The van der Waals surface area contributed by atoms with Crippen molar-refractivity contribution in [2.45, 2.75) is 20.0 Å². The summed E-state index contributed by atoms with van der Waals surface area (Å²) in [5.74, 6) is 1.50. The average Bonchev–Trinajstić information content (AvgIpc) is 2.67. The molecule has 1 amide bonds. The third kappa shape index (κ3) is 4.35. The summed E-state index contributed by atoms with van der Waals surface area (Å²) in [6, 6.07) is 6.75. The third-order valence-electron chi connectivity index (χ3n) is 4.54. The van der Waals surface area contributed by atoms with Crippen molar-refractivity contribution < 1.29 is 18.0 Å². The average molecular weight is 393 g/mol. The molecular formula is C19H22F3N5O. The molecule has 0 unspecified atom stereocenters. The van der Waals surface area contributed by atoms with Gasteiger partial charge in [-0.25, -0.2) is 9.97 Å². The first-order valence-electron chi connectivity index (χ1n) is 9.09. The molecule has 3 rings (SSSR count). The lowest BCUT2D eigenvalue weighted by Crippen LogP contribution is -2.49. The van der Waals surface area contributed by atoms with Gasteiger partial charge in [0.1, 0.15) is 17.5 Å². The number of benzene rings is 1. The van der Waals surface area contributed by atoms with Crippen LogP contribution in [0.3, 0.4) is 0 Å². The van der Waals surface area contributed by atoms with Crippen molar-refractivity contribution >= 4 is 17.5 Å². The number of nitrogens with zero attached hydrogens (tertiary/aromatic N) is 4. The summed E-state index contributed by atoms with van der Waals surface area (Å²) in [5.41, 5.74) is -1.21. The smallest absolute Gasteiger partial charge is 0.370 e. The SMILES string of the molecule is CCNc1cc(N2CCN(C(=O)c3ccccc3C(F)(F)F)CC2)nc(C)n1. The van der Waals surface area contributed by atoms with Crippen molar-refractivity contribution in [1.82, 2.24) is 14.9 Å². The summed E-state index contributed by atoms with van der Waals surface area (Å²) in [5, 5.41) is 3.15. The molecule has 2 heterocycles. The number of aryl methyl sites for hydroxylation is 1. The Hall–Kier alpha value is -2.84. The fourth-order valence-corrected chi connectivity index (χ4v) is 3.21. The monoisotopic (exact) mass is 393 g/mol. The molecule has 0 spiro atoms. The van der Waals surface area contributed by atoms with Crippen LogP contribution < -0.4 is 10.2 Å². The number of nitrogens with one attached hydrogen (secondary N) is 1. The molecule has 0 atom stereocenters. The number of hydrogen-bond donors (Lipinski definition) is 1. The second kappa shape index (κ2) is 8.04. The van der Waals surface area contributed by atoms with Gasteiger partial charge in [-0.1, -0.05) is 12.1 Å². The van der Waals surface area contributed by atoms with Crippen molar-refractivity contribution in [2.75, 3.05) is 42.9 Å². The molecule has 1 fully saturated rings. The molecule has 2 aromatic rings. The zero-order chi connectivity index (χ0) is 20.3. The maximum absolute atomic E-state index is 13.2. The van der Waals surface area contributed by atoms with Crippen LogP contribution in [-0.4, -0.2) is 53.5 Å². The first-order valence-corrected chi connectivity index (χ1v) is 9.09. The number of anilines is 2. The fraction of sp³-hybridized carbons (Fsp3) is 0.421. The number of hydrogen-bond acceptors (Lipinski definition) is 5. The highest BCUT2D eigenvalue weighted by molar-refractivity contribution is 5.96. The Morgan fingerprint density at radius 2 is 1.82 bits per heavy atom. The molecular weight excluding hydrogens is 371 g/mol. The van der Waals surface area contributed by atoms with Crippen LogP contribution >= 0.6 is 0 Å². The highest BCUT2D eigenvalue weighted by Gasteiger charge is 2.36. The highest BCUT2D eigenvalue weighted by atomic mass is 19.4. The molecule has 1 aliphatic heterocycles. The lowest BCUT2D eigenvalue weighted by Gasteiger charge is -2.36. The van der Waals surface area contributed by atoms with Crippen LogP contribution in [-0.2, 0) is 6.18 Å². The molecule has 0 radical (unpaired) electrons. The van der Waals surface area contributed by atoms with E-state index in [0.717, 1.165) is 24.2 Å². The van der Waals surface area contributed by atoms with E-state index in [0.29, 0.717) is 32.0 Å². The van der Waals surface area contributed by atoms with Gasteiger partial charge in [-0.2, -0.15) is 13.2 Å². The van der Waals surface area contributed by atoms with Crippen molar-refractivity contribution in [3.05, 3.63) is 47.3 Å². The molecule has 0 saturated carbocycles. The lowest BCUT2D eigenvalue weighted by atomic mass is 10.1. The number of piperazine rings is 1. The van der Waals surface area contributed by atoms with E-state index < -0.39 is 17.6 Å². The Bertz CT molecular complexity index is 848. The van der Waals surface area contributed by atoms with Crippen LogP contribution in [0.1, 0.15) is 28.7 Å². The number of amides is 1. The van der Waals surface area contributed by atoms with Crippen molar-refractivity contribution in [3.63, 3.8) is 0 Å². The zero-order valence-electron chi connectivity index (χ0n) is 15.8. The van der Waals surface area contributed by atoms with E-state index in [9.17, 15) is 18.0 Å². The minimum Gasteiger partial charge on any atom is -0.370 e. The van der Waals surface area contributed by atoms with Gasteiger partial charge in [0.25, 0.3) is 5.91 Å². The molecule has 1 saturated heterocycles. The predicted octanol–water partition coefficient (Wildman–Crippen LogP) is 3.20. The normalized spacial score (nSPS) is 14.9. The fourth-order valence-electron chi connectivity index (χ4n) is 3.21. The second-order valence-corrected chi connectivity index (χ2v) is 6.51. The molecule has 28 heavy (non-hydrogen) atoms. The van der Waals surface area contributed by atoms with Gasteiger partial charge in [0.15, 0.2) is 0 Å². The molecule has 1 aromatic heterocycles. The summed E-state index contributed by atoms with van der Waals surface area (Å²) < 4.78 is 39.6. The highest BCUT2D eigenvalue weighted by Crippen LogP contribution is 2.32. The molecule has 6 nitrogen and oxygen atoms in total. The minimum atomic E-state index is -4.56. The molecule has 1 N–H and O–H groups in total. The van der Waals surface area contributed by atoms with Crippen LogP contribution in [0.5, 0.6) is 0 Å². The van der Waals surface area contributed by atoms with E-state index >= 15 is 0 Å². The number of aromatic nitrogens is 2. The molecule has 1 aromatic carbocycles. The minimum absolute atomic E-state index is 0.309. The summed E-state index contributed by atoms with van der Waals surface area (Å²) in [4.78, 5) is 24.9. The van der Waals surface area contributed by atoms with Gasteiger partial charge in [-0.05, 0) is 26.0 Å². The summed E-state index contributed by atoms with van der Waals surface area (Å²) >= 11 is 0. The van der Waals surface area contributed by atoms with Gasteiger partial charge in [-0.3, -0.25) is 4.79 Å². The van der Waals surface area contributed by atoms with Gasteiger partial charge in [-0.15, -0.1) is 0 Å². The van der Waals surface area contributed by atoms with Gasteiger partial charge < -0.3 is 15.1 Å². The number of halogens is 3. The molecule has 0 bridgehead atoms. The van der Waals surface area contributed by atoms with Crippen LogP contribution in [0.15, 0.2) is 30.3 Å². The third-order valence-corrected chi connectivity index (χ3v) is 4.54. The van der Waals surface area contributed by atoms with Crippen LogP contribution in [0, 0.1) is 6.92 Å². The van der Waals surface area contributed by atoms with Gasteiger partial charge >= 0.3 is 6.18 Å². The van der Waals surface area contributed by atoms with E-state index in [1.807, 2.05) is 17.9 Å². The molecule has 150 valence electrons. The number of carbonyl (C=O) groups is 1. The van der Waals surface area contributed by atoms with Crippen LogP contribution in [0.25, 0.3) is 0 Å². The predicted molar refractivity (Wildman–Crippen MR) is 100 cm³/mol. The topological polar surface area (TPSA) is 61.4 Å². The summed E-state index contributed by atoms with van der Waals surface area (Å²) in [6.07, 6.45) is -4.56. The first-order chi connectivity index (χ1) is 13.3. The molecule has 0 aliphatic carbocycles. The first kappa shape index (κ1) is 19.9. The lowest BCUT2D eigenvalue weighted by molar-refractivity contribution is -0.138. The quantitative estimate of drug-likeness (QED) is 0.865. The Balaban J connectivity index is 1.72. The number of alkyl halides is 3. The summed E-state index contributed by atoms with van der Waals surface area (Å²) in [7, 11) is 0. The Morgan fingerprint density at radius 3 is 2.46 bits per heavy atom. The van der Waals surface area contributed by atoms with Gasteiger partial charge in [0.05, 0.1) is 11.1 Å². The van der Waals surface area contributed by atoms with Crippen LogP contribution in [0.4, 0.5) is 24.8 Å². The van der Waals surface area contributed by atoms with Crippen molar-refractivity contribution in [2.24, 2.45) is 0 Å². The van der Waals surface area contributed by atoms with E-state index in [2.05, 4.69) is 15.3 Å². The van der Waals surface area contributed by atoms with E-state index in [4.69, 9.17) is 0 Å². The van der Waals surface area contributed by atoms with E-state index in [-0.39, 0.29) is 5.56 Å². The summed E-state index contributed by atoms with van der Waals surface area (Å²) in [6.45, 7) is 6.13. The standard InChI is InChI=1S/C19H22F3N5O/c1-3-23-16-12-17(25-13(2)24-16)26-8-10-27(11-9-26)18(28)14-6-4-5-7-15(14)19(20,21)22/h4-7,12H,3,8-11H2,1-2H3,(H,23,24,25). The maximum Gasteiger partial charge on any atom is 0.417 e. The number of carbonyl (C=O) groups excluding carboxylic acids is 1. The maximum atomic E-state index is 13.2. The van der Waals surface area contributed by atoms with Crippen LogP contribution in [0.2, 0.25) is 0 Å². The van der Waals surface area contributed by atoms with Crippen molar-refractivity contribution in [3.8, 4) is 0 Å². The largest absolute Gasteiger partial charge is 0.417 e. The zero-order valence-corrected chi connectivity index (χ0v) is 15.8.